The lowest BCUT2D eigenvalue weighted by Gasteiger charge is -2.13. The molecular formula is C17H35S2. The van der Waals surface area contributed by atoms with E-state index in [2.05, 4.69) is 51.2 Å². The minimum Gasteiger partial charge on any atom is -0.161 e. The van der Waals surface area contributed by atoms with E-state index in [1.165, 1.54) is 68.6 Å². The van der Waals surface area contributed by atoms with Crippen LogP contribution in [0, 0.1) is 11.2 Å². The smallest absolute Gasteiger partial charge is 0.0402 e. The maximum absolute atomic E-state index is 2.32. The number of thioether (sulfide) groups is 2. The molecule has 0 aromatic heterocycles. The number of rotatable bonds is 14. The van der Waals surface area contributed by atoms with Crippen LogP contribution in [0.25, 0.3) is 0 Å². The Morgan fingerprint density at radius 1 is 0.895 bits per heavy atom. The average Bonchev–Trinajstić information content (AvgIpc) is 2.39. The lowest BCUT2D eigenvalue weighted by Crippen LogP contribution is -1.98. The zero-order valence-corrected chi connectivity index (χ0v) is 15.3. The van der Waals surface area contributed by atoms with Crippen molar-refractivity contribution in [3.05, 3.63) is 5.25 Å². The molecule has 115 valence electrons. The zero-order chi connectivity index (χ0) is 14.3. The summed E-state index contributed by atoms with van der Waals surface area (Å²) in [5.74, 6) is 4.85. The van der Waals surface area contributed by atoms with E-state index >= 15 is 0 Å². The van der Waals surface area contributed by atoms with Crippen LogP contribution in [0.15, 0.2) is 0 Å². The Bertz CT molecular complexity index is 169. The molecule has 0 saturated carbocycles. The molecule has 0 aliphatic rings. The molecule has 0 nitrogen and oxygen atoms in total. The molecule has 1 radical (unpaired) electrons. The molecule has 0 fully saturated rings. The van der Waals surface area contributed by atoms with E-state index in [9.17, 15) is 0 Å². The van der Waals surface area contributed by atoms with Crippen LogP contribution in [0.2, 0.25) is 0 Å². The second-order valence-corrected chi connectivity index (χ2v) is 8.12. The maximum atomic E-state index is 2.32. The van der Waals surface area contributed by atoms with E-state index in [1.807, 2.05) is 0 Å². The van der Waals surface area contributed by atoms with Crippen molar-refractivity contribution < 1.29 is 0 Å². The molecule has 0 N–H and O–H groups in total. The predicted octanol–water partition coefficient (Wildman–Crippen LogP) is 6.80. The van der Waals surface area contributed by atoms with Crippen molar-refractivity contribution in [2.75, 3.05) is 17.3 Å². The summed E-state index contributed by atoms with van der Waals surface area (Å²) in [5, 5.41) is 1.71. The Hall–Kier alpha value is 0.700. The van der Waals surface area contributed by atoms with Crippen LogP contribution in [0.1, 0.15) is 79.1 Å². The second kappa shape index (κ2) is 15.1. The van der Waals surface area contributed by atoms with E-state index < -0.39 is 0 Å². The van der Waals surface area contributed by atoms with Gasteiger partial charge in [0.2, 0.25) is 0 Å². The SMILES string of the molecule is CCCCCCCS[C](CC)CSCCCC(C)C. The summed E-state index contributed by atoms with van der Waals surface area (Å²) in [7, 11) is 0. The van der Waals surface area contributed by atoms with Crippen molar-refractivity contribution in [1.82, 2.24) is 0 Å². The van der Waals surface area contributed by atoms with Gasteiger partial charge in [0.25, 0.3) is 0 Å². The van der Waals surface area contributed by atoms with Crippen molar-refractivity contribution in [3.63, 3.8) is 0 Å². The monoisotopic (exact) mass is 303 g/mol. The second-order valence-electron chi connectivity index (χ2n) is 5.74. The Morgan fingerprint density at radius 3 is 2.26 bits per heavy atom. The standard InChI is InChI=1S/C17H35S2/c1-5-7-8-9-10-14-19-17(6-2)15-18-13-11-12-16(3)4/h16H,5-15H2,1-4H3. The third-order valence-corrected chi connectivity index (χ3v) is 5.93. The van der Waals surface area contributed by atoms with E-state index in [0.717, 1.165) is 5.92 Å². The fraction of sp³-hybridized carbons (Fsp3) is 0.941. The van der Waals surface area contributed by atoms with Gasteiger partial charge < -0.3 is 0 Å². The Balaban J connectivity index is 3.34. The minimum absolute atomic E-state index is 0.868. The van der Waals surface area contributed by atoms with Gasteiger partial charge in [0.15, 0.2) is 0 Å². The summed E-state index contributed by atoms with van der Waals surface area (Å²) in [6, 6.07) is 0. The van der Waals surface area contributed by atoms with Crippen molar-refractivity contribution in [1.29, 1.82) is 0 Å². The van der Waals surface area contributed by atoms with E-state index in [-0.39, 0.29) is 0 Å². The first kappa shape index (κ1) is 19.7. The average molecular weight is 304 g/mol. The molecule has 0 atom stereocenters. The highest BCUT2D eigenvalue weighted by atomic mass is 32.2. The van der Waals surface area contributed by atoms with Crippen LogP contribution in [-0.4, -0.2) is 17.3 Å². The third kappa shape index (κ3) is 14.9. The van der Waals surface area contributed by atoms with Crippen molar-refractivity contribution in [3.8, 4) is 0 Å². The van der Waals surface area contributed by atoms with Gasteiger partial charge in [-0.25, -0.2) is 0 Å². The van der Waals surface area contributed by atoms with Crippen molar-refractivity contribution >= 4 is 23.5 Å². The molecule has 0 amide bonds. The topological polar surface area (TPSA) is 0 Å². The molecule has 0 aromatic carbocycles. The molecule has 0 aliphatic heterocycles. The van der Waals surface area contributed by atoms with E-state index in [4.69, 9.17) is 0 Å². The summed E-state index contributed by atoms with van der Waals surface area (Å²) in [6.45, 7) is 9.24. The first-order valence-corrected chi connectivity index (χ1v) is 10.4. The lowest BCUT2D eigenvalue weighted by atomic mass is 10.1. The molecule has 0 unspecified atom stereocenters. The minimum atomic E-state index is 0.868. The number of hydrogen-bond acceptors (Lipinski definition) is 2. The zero-order valence-electron chi connectivity index (χ0n) is 13.7. The molecule has 0 heterocycles. The molecule has 0 aliphatic carbocycles. The summed E-state index contributed by atoms with van der Waals surface area (Å²) in [5.41, 5.74) is 0. The van der Waals surface area contributed by atoms with Crippen molar-refractivity contribution in [2.24, 2.45) is 5.92 Å². The summed E-state index contributed by atoms with van der Waals surface area (Å²) < 4.78 is 0. The van der Waals surface area contributed by atoms with Gasteiger partial charge in [-0.3, -0.25) is 0 Å². The highest BCUT2D eigenvalue weighted by Gasteiger charge is 2.07. The first-order valence-electron chi connectivity index (χ1n) is 8.25. The summed E-state index contributed by atoms with van der Waals surface area (Å²) in [4.78, 5) is 0. The molecule has 19 heavy (non-hydrogen) atoms. The van der Waals surface area contributed by atoms with Gasteiger partial charge >= 0.3 is 0 Å². The van der Waals surface area contributed by atoms with Crippen LogP contribution >= 0.6 is 23.5 Å². The molecule has 0 bridgehead atoms. The Morgan fingerprint density at radius 2 is 1.63 bits per heavy atom. The molecule has 0 rings (SSSR count). The maximum Gasteiger partial charge on any atom is 0.0402 e. The van der Waals surface area contributed by atoms with Gasteiger partial charge in [-0.05, 0) is 36.7 Å². The molecule has 0 spiro atoms. The third-order valence-electron chi connectivity index (χ3n) is 3.28. The lowest BCUT2D eigenvalue weighted by molar-refractivity contribution is 0.579. The van der Waals surface area contributed by atoms with Crippen molar-refractivity contribution in [2.45, 2.75) is 79.1 Å². The van der Waals surface area contributed by atoms with E-state index in [1.54, 1.807) is 5.25 Å². The molecular weight excluding hydrogens is 268 g/mol. The highest BCUT2D eigenvalue weighted by molar-refractivity contribution is 8.05. The van der Waals surface area contributed by atoms with Gasteiger partial charge in [-0.15, -0.1) is 0 Å². The van der Waals surface area contributed by atoms with Crippen LogP contribution in [0.5, 0.6) is 0 Å². The molecule has 0 saturated heterocycles. The summed E-state index contributed by atoms with van der Waals surface area (Å²) in [6.07, 6.45) is 11.1. The van der Waals surface area contributed by atoms with E-state index in [0.29, 0.717) is 0 Å². The first-order chi connectivity index (χ1) is 9.20. The quantitative estimate of drug-likeness (QED) is 0.324. The number of unbranched alkanes of at least 4 members (excludes halogenated alkanes) is 4. The van der Waals surface area contributed by atoms with Gasteiger partial charge in [0.1, 0.15) is 0 Å². The number of hydrogen-bond donors (Lipinski definition) is 0. The predicted molar refractivity (Wildman–Crippen MR) is 96.1 cm³/mol. The highest BCUT2D eigenvalue weighted by Crippen LogP contribution is 2.28. The fourth-order valence-electron chi connectivity index (χ4n) is 1.95. The van der Waals surface area contributed by atoms with Crippen LogP contribution in [0.3, 0.4) is 0 Å². The fourth-order valence-corrected chi connectivity index (χ4v) is 4.32. The Kier molecular flexibility index (Phi) is 15.7. The summed E-state index contributed by atoms with van der Waals surface area (Å²) >= 11 is 4.28. The van der Waals surface area contributed by atoms with Gasteiger partial charge in [0, 0.05) is 11.0 Å². The Labute approximate surface area is 131 Å². The van der Waals surface area contributed by atoms with Crippen LogP contribution < -0.4 is 0 Å². The molecule has 2 heteroatoms. The van der Waals surface area contributed by atoms with Crippen LogP contribution in [0.4, 0.5) is 0 Å². The largest absolute Gasteiger partial charge is 0.161 e. The van der Waals surface area contributed by atoms with Crippen LogP contribution in [-0.2, 0) is 0 Å². The normalized spacial score (nSPS) is 11.7. The van der Waals surface area contributed by atoms with Gasteiger partial charge in [0.05, 0.1) is 0 Å². The van der Waals surface area contributed by atoms with Gasteiger partial charge in [-0.1, -0.05) is 59.8 Å². The van der Waals surface area contributed by atoms with Gasteiger partial charge in [-0.2, -0.15) is 23.5 Å². The molecule has 0 aromatic rings.